The van der Waals surface area contributed by atoms with Crippen LogP contribution in [0.4, 0.5) is 5.82 Å². The molecule has 1 aliphatic carbocycles. The second-order valence-electron chi connectivity index (χ2n) is 7.12. The Morgan fingerprint density at radius 2 is 1.72 bits per heavy atom. The summed E-state index contributed by atoms with van der Waals surface area (Å²) in [4.78, 5) is 9.51. The van der Waals surface area contributed by atoms with E-state index in [4.69, 9.17) is 17.2 Å². The number of rotatable bonds is 2. The van der Waals surface area contributed by atoms with Crippen molar-refractivity contribution >= 4 is 34.1 Å². The molecule has 1 aromatic heterocycles. The summed E-state index contributed by atoms with van der Waals surface area (Å²) >= 11 is 5.65. The second-order valence-corrected chi connectivity index (χ2v) is 7.51. The number of nitrogens with one attached hydrogen (secondary N) is 1. The Kier molecular flexibility index (Phi) is 5.02. The third kappa shape index (κ3) is 3.87. The van der Waals surface area contributed by atoms with Gasteiger partial charge >= 0.3 is 0 Å². The van der Waals surface area contributed by atoms with Gasteiger partial charge in [-0.25, -0.2) is 4.98 Å². The highest BCUT2D eigenvalue weighted by Gasteiger charge is 2.22. The second kappa shape index (κ2) is 7.56. The van der Waals surface area contributed by atoms with Crippen LogP contribution in [-0.4, -0.2) is 47.2 Å². The minimum atomic E-state index is 0.585. The van der Waals surface area contributed by atoms with Crippen LogP contribution in [0.3, 0.4) is 0 Å². The number of thiocarbonyl (C=S) groups is 1. The predicted octanol–water partition coefficient (Wildman–Crippen LogP) is 3.56. The number of nitrogens with zero attached hydrogens (tertiary/aromatic N) is 3. The largest absolute Gasteiger partial charge is 0.360 e. The third-order valence-electron chi connectivity index (χ3n) is 5.41. The lowest BCUT2D eigenvalue weighted by molar-refractivity contribution is 0.354. The number of pyridine rings is 1. The van der Waals surface area contributed by atoms with E-state index in [2.05, 4.69) is 45.4 Å². The molecule has 1 saturated carbocycles. The summed E-state index contributed by atoms with van der Waals surface area (Å²) < 4.78 is 0. The van der Waals surface area contributed by atoms with Crippen LogP contribution in [0.2, 0.25) is 0 Å². The van der Waals surface area contributed by atoms with Gasteiger partial charge in [-0.15, -0.1) is 0 Å². The van der Waals surface area contributed by atoms with Gasteiger partial charge in [0, 0.05) is 37.6 Å². The molecule has 1 aliphatic heterocycles. The lowest BCUT2D eigenvalue weighted by atomic mass is 9.96. The molecule has 2 aromatic rings. The van der Waals surface area contributed by atoms with Gasteiger partial charge in [0.2, 0.25) is 0 Å². The molecule has 1 saturated heterocycles. The summed E-state index contributed by atoms with van der Waals surface area (Å²) in [7, 11) is 0. The Morgan fingerprint density at radius 1 is 0.960 bits per heavy atom. The van der Waals surface area contributed by atoms with Gasteiger partial charge in [0.05, 0.1) is 5.52 Å². The normalized spacial score (nSPS) is 19.2. The standard InChI is InChI=1S/C20H26N4S/c25-20(21-17-7-2-1-3-8-17)24-14-12-23(13-15-24)19-11-10-16-6-4-5-9-18(16)22-19/h4-6,9-11,17H,1-3,7-8,12-15H2,(H,21,25). The molecule has 2 fully saturated rings. The number of hydrogen-bond acceptors (Lipinski definition) is 3. The minimum absolute atomic E-state index is 0.585. The fourth-order valence-corrected chi connectivity index (χ4v) is 4.23. The molecule has 0 spiro atoms. The zero-order valence-corrected chi connectivity index (χ0v) is 15.5. The Balaban J connectivity index is 1.34. The van der Waals surface area contributed by atoms with Crippen LogP contribution in [-0.2, 0) is 0 Å². The van der Waals surface area contributed by atoms with Gasteiger partial charge in [-0.1, -0.05) is 37.5 Å². The van der Waals surface area contributed by atoms with Gasteiger partial charge in [-0.05, 0) is 43.3 Å². The van der Waals surface area contributed by atoms with E-state index in [1.807, 2.05) is 6.07 Å². The molecule has 0 amide bonds. The topological polar surface area (TPSA) is 31.4 Å². The highest BCUT2D eigenvalue weighted by molar-refractivity contribution is 7.80. The van der Waals surface area contributed by atoms with Gasteiger partial charge in [-0.2, -0.15) is 0 Å². The van der Waals surface area contributed by atoms with Crippen LogP contribution in [0.5, 0.6) is 0 Å². The molecule has 2 aliphatic rings. The summed E-state index contributed by atoms with van der Waals surface area (Å²) in [6, 6.07) is 13.2. The predicted molar refractivity (Wildman–Crippen MR) is 108 cm³/mol. The molecule has 0 bridgehead atoms. The van der Waals surface area contributed by atoms with Crippen molar-refractivity contribution in [1.29, 1.82) is 0 Å². The van der Waals surface area contributed by atoms with Crippen molar-refractivity contribution in [2.24, 2.45) is 0 Å². The van der Waals surface area contributed by atoms with Crippen molar-refractivity contribution < 1.29 is 0 Å². The van der Waals surface area contributed by atoms with E-state index in [1.165, 1.54) is 37.5 Å². The molecule has 0 unspecified atom stereocenters. The van der Waals surface area contributed by atoms with E-state index in [0.717, 1.165) is 42.6 Å². The van der Waals surface area contributed by atoms with Crippen LogP contribution in [0.15, 0.2) is 36.4 Å². The van der Waals surface area contributed by atoms with E-state index in [1.54, 1.807) is 0 Å². The lowest BCUT2D eigenvalue weighted by Gasteiger charge is -2.38. The first-order valence-electron chi connectivity index (χ1n) is 9.46. The number of piperazine rings is 1. The maximum atomic E-state index is 5.65. The average Bonchev–Trinajstić information content (AvgIpc) is 2.68. The first-order valence-corrected chi connectivity index (χ1v) is 9.86. The first-order chi connectivity index (χ1) is 12.3. The maximum absolute atomic E-state index is 5.65. The molecule has 5 heteroatoms. The fraction of sp³-hybridized carbons (Fsp3) is 0.500. The van der Waals surface area contributed by atoms with Crippen molar-refractivity contribution in [3.63, 3.8) is 0 Å². The Labute approximate surface area is 155 Å². The molecule has 0 radical (unpaired) electrons. The number of aromatic nitrogens is 1. The summed E-state index contributed by atoms with van der Waals surface area (Å²) in [5.41, 5.74) is 1.07. The number of hydrogen-bond donors (Lipinski definition) is 1. The summed E-state index contributed by atoms with van der Waals surface area (Å²) in [5, 5.41) is 5.73. The minimum Gasteiger partial charge on any atom is -0.360 e. The van der Waals surface area contributed by atoms with Gasteiger partial charge in [-0.3, -0.25) is 0 Å². The van der Waals surface area contributed by atoms with Crippen molar-refractivity contribution in [1.82, 2.24) is 15.2 Å². The summed E-state index contributed by atoms with van der Waals surface area (Å²) in [5.74, 6) is 1.07. The highest BCUT2D eigenvalue weighted by Crippen LogP contribution is 2.20. The molecule has 4 rings (SSSR count). The van der Waals surface area contributed by atoms with Crippen LogP contribution >= 0.6 is 12.2 Å². The fourth-order valence-electron chi connectivity index (χ4n) is 3.88. The van der Waals surface area contributed by atoms with E-state index >= 15 is 0 Å². The summed E-state index contributed by atoms with van der Waals surface area (Å²) in [6.07, 6.45) is 6.58. The summed E-state index contributed by atoms with van der Waals surface area (Å²) in [6.45, 7) is 3.87. The van der Waals surface area contributed by atoms with E-state index in [0.29, 0.717) is 6.04 Å². The van der Waals surface area contributed by atoms with Gasteiger partial charge in [0.1, 0.15) is 5.82 Å². The van der Waals surface area contributed by atoms with Crippen LogP contribution in [0, 0.1) is 0 Å². The quantitative estimate of drug-likeness (QED) is 0.834. The van der Waals surface area contributed by atoms with Crippen LogP contribution < -0.4 is 10.2 Å². The lowest BCUT2D eigenvalue weighted by Crippen LogP contribution is -2.53. The van der Waals surface area contributed by atoms with Crippen LogP contribution in [0.1, 0.15) is 32.1 Å². The van der Waals surface area contributed by atoms with Crippen molar-refractivity contribution in [3.05, 3.63) is 36.4 Å². The maximum Gasteiger partial charge on any atom is 0.169 e. The number of fused-ring (bicyclic) bond motifs is 1. The Bertz CT molecular complexity index is 733. The Morgan fingerprint density at radius 3 is 2.52 bits per heavy atom. The number of benzene rings is 1. The smallest absolute Gasteiger partial charge is 0.169 e. The zero-order chi connectivity index (χ0) is 17.1. The van der Waals surface area contributed by atoms with E-state index < -0.39 is 0 Å². The zero-order valence-electron chi connectivity index (χ0n) is 14.7. The average molecular weight is 355 g/mol. The molecule has 132 valence electrons. The molecule has 1 N–H and O–H groups in total. The third-order valence-corrected chi connectivity index (χ3v) is 5.78. The van der Waals surface area contributed by atoms with Crippen LogP contribution in [0.25, 0.3) is 10.9 Å². The van der Waals surface area contributed by atoms with Crippen molar-refractivity contribution in [2.75, 3.05) is 31.1 Å². The number of anilines is 1. The van der Waals surface area contributed by atoms with E-state index in [-0.39, 0.29) is 0 Å². The monoisotopic (exact) mass is 354 g/mol. The molecule has 4 nitrogen and oxygen atoms in total. The molecule has 0 atom stereocenters. The van der Waals surface area contributed by atoms with Crippen molar-refractivity contribution in [2.45, 2.75) is 38.1 Å². The highest BCUT2D eigenvalue weighted by atomic mass is 32.1. The van der Waals surface area contributed by atoms with Gasteiger partial charge < -0.3 is 15.1 Å². The molecular weight excluding hydrogens is 328 g/mol. The SMILES string of the molecule is S=C(NC1CCCCC1)N1CCN(c2ccc3ccccc3n2)CC1. The van der Waals surface area contributed by atoms with Crippen molar-refractivity contribution in [3.8, 4) is 0 Å². The molecule has 2 heterocycles. The van der Waals surface area contributed by atoms with Gasteiger partial charge in [0.15, 0.2) is 5.11 Å². The Hall–Kier alpha value is -1.88. The van der Waals surface area contributed by atoms with Gasteiger partial charge in [0.25, 0.3) is 0 Å². The first kappa shape index (κ1) is 16.6. The molecule has 25 heavy (non-hydrogen) atoms. The molecule has 1 aromatic carbocycles. The number of para-hydroxylation sites is 1. The van der Waals surface area contributed by atoms with E-state index in [9.17, 15) is 0 Å². The molecular formula is C20H26N4S.